The average molecular weight is 217 g/mol. The van der Waals surface area contributed by atoms with Crippen LogP contribution < -0.4 is 4.74 Å². The van der Waals surface area contributed by atoms with Crippen LogP contribution in [-0.4, -0.2) is 7.11 Å². The van der Waals surface area contributed by atoms with Crippen molar-refractivity contribution in [3.05, 3.63) is 47.9 Å². The van der Waals surface area contributed by atoms with Crippen LogP contribution in [-0.2, 0) is 6.42 Å². The molecular formula is C15H21O. The molecule has 0 spiro atoms. The first-order chi connectivity index (χ1) is 7.71. The second kappa shape index (κ2) is 6.37. The Morgan fingerprint density at radius 3 is 2.69 bits per heavy atom. The first-order valence-electron chi connectivity index (χ1n) is 5.85. The predicted octanol–water partition coefficient (Wildman–Crippen LogP) is 4.17. The molecule has 16 heavy (non-hydrogen) atoms. The smallest absolute Gasteiger partial charge is 0.119 e. The van der Waals surface area contributed by atoms with Gasteiger partial charge in [0, 0.05) is 5.92 Å². The molecule has 87 valence electrons. The number of hydrogen-bond acceptors (Lipinski definition) is 1. The van der Waals surface area contributed by atoms with Gasteiger partial charge in [0.05, 0.1) is 7.11 Å². The minimum atomic E-state index is 0.935. The molecular weight excluding hydrogens is 196 g/mol. The van der Waals surface area contributed by atoms with Crippen LogP contribution in [0.15, 0.2) is 30.9 Å². The Bertz CT molecular complexity index is 341. The molecule has 0 saturated carbocycles. The fraction of sp³-hybridized carbons (Fsp3) is 0.400. The van der Waals surface area contributed by atoms with E-state index < -0.39 is 0 Å². The first-order valence-corrected chi connectivity index (χ1v) is 5.85. The Morgan fingerprint density at radius 1 is 1.38 bits per heavy atom. The molecule has 1 aromatic rings. The van der Waals surface area contributed by atoms with Crippen molar-refractivity contribution in [3.63, 3.8) is 0 Å². The van der Waals surface area contributed by atoms with Crippen LogP contribution >= 0.6 is 0 Å². The van der Waals surface area contributed by atoms with E-state index in [-0.39, 0.29) is 0 Å². The SMILES string of the molecule is C=C[C](C)c1cc(CCCC)cc(OC)c1. The molecule has 0 aliphatic heterocycles. The summed E-state index contributed by atoms with van der Waals surface area (Å²) in [4.78, 5) is 0. The summed E-state index contributed by atoms with van der Waals surface area (Å²) in [5, 5.41) is 0. The number of methoxy groups -OCH3 is 1. The van der Waals surface area contributed by atoms with Gasteiger partial charge in [-0.1, -0.05) is 32.4 Å². The molecule has 1 nitrogen and oxygen atoms in total. The van der Waals surface area contributed by atoms with Crippen LogP contribution in [0, 0.1) is 5.92 Å². The number of unbranched alkanes of at least 4 members (excludes halogenated alkanes) is 1. The highest BCUT2D eigenvalue weighted by Gasteiger charge is 2.06. The predicted molar refractivity (Wildman–Crippen MR) is 69.8 cm³/mol. The van der Waals surface area contributed by atoms with Crippen molar-refractivity contribution in [1.29, 1.82) is 0 Å². The van der Waals surface area contributed by atoms with E-state index in [1.54, 1.807) is 7.11 Å². The van der Waals surface area contributed by atoms with Gasteiger partial charge in [0.1, 0.15) is 5.75 Å². The van der Waals surface area contributed by atoms with Crippen LogP contribution in [0.25, 0.3) is 0 Å². The minimum Gasteiger partial charge on any atom is -0.497 e. The molecule has 0 aromatic heterocycles. The Balaban J connectivity index is 2.95. The van der Waals surface area contributed by atoms with Crippen LogP contribution in [0.3, 0.4) is 0 Å². The zero-order valence-corrected chi connectivity index (χ0v) is 10.5. The summed E-state index contributed by atoms with van der Waals surface area (Å²) in [5.41, 5.74) is 2.55. The van der Waals surface area contributed by atoms with E-state index in [0.29, 0.717) is 0 Å². The minimum absolute atomic E-state index is 0.935. The molecule has 0 saturated heterocycles. The van der Waals surface area contributed by atoms with Crippen molar-refractivity contribution >= 4 is 0 Å². The van der Waals surface area contributed by atoms with E-state index in [2.05, 4.69) is 38.6 Å². The monoisotopic (exact) mass is 217 g/mol. The van der Waals surface area contributed by atoms with Gasteiger partial charge in [0.2, 0.25) is 0 Å². The molecule has 0 atom stereocenters. The third kappa shape index (κ3) is 3.41. The van der Waals surface area contributed by atoms with E-state index >= 15 is 0 Å². The summed E-state index contributed by atoms with van der Waals surface area (Å²) in [5.74, 6) is 2.13. The number of aryl methyl sites for hydroxylation is 1. The maximum Gasteiger partial charge on any atom is 0.119 e. The van der Waals surface area contributed by atoms with Crippen molar-refractivity contribution in [2.45, 2.75) is 33.1 Å². The van der Waals surface area contributed by atoms with E-state index in [1.165, 1.54) is 29.9 Å². The van der Waals surface area contributed by atoms with Gasteiger partial charge in [-0.05, 0) is 36.1 Å². The third-order valence-electron chi connectivity index (χ3n) is 2.78. The molecule has 0 N–H and O–H groups in total. The van der Waals surface area contributed by atoms with Gasteiger partial charge in [0.25, 0.3) is 0 Å². The summed E-state index contributed by atoms with van der Waals surface area (Å²) in [7, 11) is 1.71. The van der Waals surface area contributed by atoms with Crippen molar-refractivity contribution in [1.82, 2.24) is 0 Å². The zero-order chi connectivity index (χ0) is 12.0. The lowest BCUT2D eigenvalue weighted by Gasteiger charge is -2.11. The first kappa shape index (κ1) is 12.8. The Hall–Kier alpha value is -1.24. The van der Waals surface area contributed by atoms with Gasteiger partial charge < -0.3 is 4.74 Å². The van der Waals surface area contributed by atoms with Gasteiger partial charge in [-0.15, -0.1) is 6.58 Å². The number of ether oxygens (including phenoxy) is 1. The maximum atomic E-state index is 5.32. The maximum absolute atomic E-state index is 5.32. The second-order valence-electron chi connectivity index (χ2n) is 4.06. The summed E-state index contributed by atoms with van der Waals surface area (Å²) in [6, 6.07) is 6.41. The normalized spacial score (nSPS) is 10.5. The summed E-state index contributed by atoms with van der Waals surface area (Å²) < 4.78 is 5.32. The topological polar surface area (TPSA) is 9.23 Å². The lowest BCUT2D eigenvalue weighted by atomic mass is 9.97. The van der Waals surface area contributed by atoms with E-state index in [1.807, 2.05) is 6.08 Å². The number of hydrogen-bond donors (Lipinski definition) is 0. The highest BCUT2D eigenvalue weighted by molar-refractivity contribution is 5.43. The van der Waals surface area contributed by atoms with Crippen molar-refractivity contribution < 1.29 is 4.74 Å². The second-order valence-corrected chi connectivity index (χ2v) is 4.06. The molecule has 0 aliphatic carbocycles. The highest BCUT2D eigenvalue weighted by atomic mass is 16.5. The molecule has 0 heterocycles. The highest BCUT2D eigenvalue weighted by Crippen LogP contribution is 2.24. The van der Waals surface area contributed by atoms with Gasteiger partial charge in [-0.3, -0.25) is 0 Å². The van der Waals surface area contributed by atoms with E-state index in [9.17, 15) is 0 Å². The Kier molecular flexibility index (Phi) is 5.10. The number of rotatable bonds is 6. The molecule has 1 aromatic carbocycles. The van der Waals surface area contributed by atoms with Crippen LogP contribution in [0.4, 0.5) is 0 Å². The zero-order valence-electron chi connectivity index (χ0n) is 10.5. The van der Waals surface area contributed by atoms with Crippen molar-refractivity contribution in [3.8, 4) is 5.75 Å². The Morgan fingerprint density at radius 2 is 2.12 bits per heavy atom. The molecule has 1 radical (unpaired) electrons. The van der Waals surface area contributed by atoms with Gasteiger partial charge in [0.15, 0.2) is 0 Å². The van der Waals surface area contributed by atoms with Crippen molar-refractivity contribution in [2.75, 3.05) is 7.11 Å². The molecule has 1 rings (SSSR count). The van der Waals surface area contributed by atoms with Gasteiger partial charge in [-0.2, -0.15) is 0 Å². The molecule has 0 aliphatic rings. The quantitative estimate of drug-likeness (QED) is 0.695. The fourth-order valence-electron chi connectivity index (χ4n) is 1.65. The number of allylic oxidation sites excluding steroid dienone is 1. The molecule has 0 bridgehead atoms. The van der Waals surface area contributed by atoms with Crippen LogP contribution in [0.1, 0.15) is 37.8 Å². The summed E-state index contributed by atoms with van der Waals surface area (Å²) >= 11 is 0. The van der Waals surface area contributed by atoms with E-state index in [0.717, 1.165) is 12.2 Å². The molecule has 0 unspecified atom stereocenters. The summed E-state index contributed by atoms with van der Waals surface area (Å²) in [6.45, 7) is 8.09. The van der Waals surface area contributed by atoms with Crippen LogP contribution in [0.2, 0.25) is 0 Å². The van der Waals surface area contributed by atoms with Crippen molar-refractivity contribution in [2.24, 2.45) is 0 Å². The van der Waals surface area contributed by atoms with Crippen LogP contribution in [0.5, 0.6) is 5.75 Å². The Labute approximate surface area is 99.1 Å². The molecule has 1 heteroatoms. The molecule has 0 amide bonds. The van der Waals surface area contributed by atoms with Gasteiger partial charge in [-0.25, -0.2) is 0 Å². The lowest BCUT2D eigenvalue weighted by molar-refractivity contribution is 0.414. The average Bonchev–Trinajstić information content (AvgIpc) is 2.34. The largest absolute Gasteiger partial charge is 0.497 e. The summed E-state index contributed by atoms with van der Waals surface area (Å²) in [6.07, 6.45) is 5.44. The lowest BCUT2D eigenvalue weighted by Crippen LogP contribution is -1.95. The number of benzene rings is 1. The third-order valence-corrected chi connectivity index (χ3v) is 2.78. The molecule has 0 fully saturated rings. The van der Waals surface area contributed by atoms with Gasteiger partial charge >= 0.3 is 0 Å². The standard InChI is InChI=1S/C15H21O/c1-5-7-8-13-9-14(12(3)6-2)11-15(10-13)16-4/h6,9-11H,2,5,7-8H2,1,3-4H3. The fourth-order valence-corrected chi connectivity index (χ4v) is 1.65. The van der Waals surface area contributed by atoms with E-state index in [4.69, 9.17) is 4.74 Å².